The van der Waals surface area contributed by atoms with Gasteiger partial charge in [-0.05, 0) is 96.1 Å². The molecule has 8 nitrogen and oxygen atoms in total. The van der Waals surface area contributed by atoms with E-state index in [1.165, 1.54) is 0 Å². The summed E-state index contributed by atoms with van der Waals surface area (Å²) >= 11 is 0. The Kier molecular flexibility index (Phi) is 6.85. The number of rotatable bonds is 5. The van der Waals surface area contributed by atoms with Crippen molar-refractivity contribution in [3.63, 3.8) is 0 Å². The molecule has 5 aromatic heterocycles. The minimum absolute atomic E-state index is 0.599. The van der Waals surface area contributed by atoms with E-state index in [1.807, 2.05) is 78.9 Å². The fourth-order valence-electron chi connectivity index (χ4n) is 8.72. The number of fused-ring (bicyclic) bond motifs is 11. The van der Waals surface area contributed by atoms with E-state index >= 15 is 0 Å². The molecule has 0 aliphatic carbocycles. The molecule has 8 heteroatoms. The number of furan rings is 2. The van der Waals surface area contributed by atoms with Gasteiger partial charge in [0, 0.05) is 38.2 Å². The van der Waals surface area contributed by atoms with Crippen LogP contribution in [0.2, 0.25) is 0 Å². The number of para-hydroxylation sites is 4. The molecule has 0 aliphatic heterocycles. The summed E-state index contributed by atoms with van der Waals surface area (Å²) < 4.78 is 17.3. The quantitative estimate of drug-likeness (QED) is 0.173. The average molecular weight is 771 g/mol. The summed E-state index contributed by atoms with van der Waals surface area (Å²) in [4.78, 5) is 19.9. The fourth-order valence-corrected chi connectivity index (χ4v) is 8.72. The lowest BCUT2D eigenvalue weighted by molar-refractivity contribution is 0.668. The van der Waals surface area contributed by atoms with Gasteiger partial charge in [0.15, 0.2) is 17.5 Å². The Morgan fingerprint density at radius 1 is 0.333 bits per heavy atom. The van der Waals surface area contributed by atoms with E-state index in [0.29, 0.717) is 17.5 Å². The number of benzene rings is 8. The molecule has 0 amide bonds. The zero-order valence-electron chi connectivity index (χ0n) is 31.8. The van der Waals surface area contributed by atoms with Crippen LogP contribution in [0, 0.1) is 0 Å². The van der Waals surface area contributed by atoms with Crippen LogP contribution in [0.25, 0.3) is 123 Å². The van der Waals surface area contributed by atoms with Gasteiger partial charge in [0.2, 0.25) is 5.78 Å². The van der Waals surface area contributed by atoms with Crippen LogP contribution in [0.3, 0.4) is 0 Å². The highest BCUT2D eigenvalue weighted by atomic mass is 16.3. The highest BCUT2D eigenvalue weighted by Gasteiger charge is 2.19. The highest BCUT2D eigenvalue weighted by Crippen LogP contribution is 2.39. The summed E-state index contributed by atoms with van der Waals surface area (Å²) in [6.45, 7) is 0. The van der Waals surface area contributed by atoms with E-state index < -0.39 is 0 Å². The first kappa shape index (κ1) is 32.7. The molecular weight excluding hydrogens is 741 g/mol. The third-order valence-corrected chi connectivity index (χ3v) is 11.6. The topological polar surface area (TPSA) is 87.2 Å². The Bertz CT molecular complexity index is 3780. The van der Waals surface area contributed by atoms with E-state index in [1.54, 1.807) is 0 Å². The lowest BCUT2D eigenvalue weighted by Gasteiger charge is -2.08. The molecular formula is C52H30N6O2. The standard InChI is InChI=1S/C52H30N6O2/c1-3-11-31(12-4-1)49-54-50(32-13-5-2-6-14-32)56-51(55-49)35-21-25-47-39(29-35)37-27-33(19-23-45(37)59-47)34-20-24-46-38(28-34)40-30-36(22-26-48(40)60-46)57-43-17-9-10-18-44(43)58-42-16-8-7-15-41(42)53-52(57)58/h1-30H. The summed E-state index contributed by atoms with van der Waals surface area (Å²) in [5.41, 5.74) is 13.4. The van der Waals surface area contributed by atoms with Crippen molar-refractivity contribution in [3.05, 3.63) is 182 Å². The summed E-state index contributed by atoms with van der Waals surface area (Å²) in [5, 5.41) is 4.09. The Morgan fingerprint density at radius 3 is 1.38 bits per heavy atom. The number of imidazole rings is 2. The molecule has 0 fully saturated rings. The third kappa shape index (κ3) is 4.98. The molecule has 0 saturated carbocycles. The zero-order valence-corrected chi connectivity index (χ0v) is 31.8. The van der Waals surface area contributed by atoms with Gasteiger partial charge < -0.3 is 8.83 Å². The van der Waals surface area contributed by atoms with Crippen LogP contribution in [0.5, 0.6) is 0 Å². The average Bonchev–Trinajstić information content (AvgIpc) is 4.07. The number of aromatic nitrogens is 6. The lowest BCUT2D eigenvalue weighted by Crippen LogP contribution is -2.00. The van der Waals surface area contributed by atoms with E-state index in [-0.39, 0.29) is 0 Å². The van der Waals surface area contributed by atoms with Crippen molar-refractivity contribution in [1.82, 2.24) is 28.9 Å². The number of nitrogens with zero attached hydrogens (tertiary/aromatic N) is 6. The summed E-state index contributed by atoms with van der Waals surface area (Å²) in [7, 11) is 0. The Balaban J connectivity index is 0.933. The second-order valence-electron chi connectivity index (χ2n) is 15.1. The molecule has 60 heavy (non-hydrogen) atoms. The zero-order chi connectivity index (χ0) is 39.3. The molecule has 0 N–H and O–H groups in total. The Morgan fingerprint density at radius 2 is 0.783 bits per heavy atom. The molecule has 0 bridgehead atoms. The maximum Gasteiger partial charge on any atom is 0.220 e. The molecule has 0 spiro atoms. The van der Waals surface area contributed by atoms with Crippen LogP contribution in [0.15, 0.2) is 191 Å². The second-order valence-corrected chi connectivity index (χ2v) is 15.1. The smallest absolute Gasteiger partial charge is 0.220 e. The first-order valence-corrected chi connectivity index (χ1v) is 19.9. The monoisotopic (exact) mass is 770 g/mol. The van der Waals surface area contributed by atoms with Crippen molar-refractivity contribution in [2.24, 2.45) is 0 Å². The van der Waals surface area contributed by atoms with E-state index in [4.69, 9.17) is 28.8 Å². The fraction of sp³-hybridized carbons (Fsp3) is 0. The van der Waals surface area contributed by atoms with E-state index in [0.717, 1.165) is 105 Å². The van der Waals surface area contributed by atoms with Gasteiger partial charge in [-0.25, -0.2) is 19.9 Å². The number of hydrogen-bond donors (Lipinski definition) is 0. The molecule has 8 aromatic carbocycles. The first-order valence-electron chi connectivity index (χ1n) is 19.9. The van der Waals surface area contributed by atoms with Crippen molar-refractivity contribution < 1.29 is 8.83 Å². The van der Waals surface area contributed by atoms with Gasteiger partial charge in [-0.1, -0.05) is 97.1 Å². The van der Waals surface area contributed by atoms with Gasteiger partial charge in [-0.3, -0.25) is 8.97 Å². The van der Waals surface area contributed by atoms with Crippen LogP contribution < -0.4 is 0 Å². The second kappa shape index (κ2) is 12.6. The summed E-state index contributed by atoms with van der Waals surface area (Å²) in [6.07, 6.45) is 0. The van der Waals surface area contributed by atoms with Crippen LogP contribution in [-0.2, 0) is 0 Å². The van der Waals surface area contributed by atoms with Crippen molar-refractivity contribution in [1.29, 1.82) is 0 Å². The lowest BCUT2D eigenvalue weighted by atomic mass is 10.00. The molecule has 0 saturated heterocycles. The minimum Gasteiger partial charge on any atom is -0.456 e. The molecule has 13 aromatic rings. The van der Waals surface area contributed by atoms with Gasteiger partial charge in [-0.15, -0.1) is 0 Å². The van der Waals surface area contributed by atoms with Crippen LogP contribution in [0.1, 0.15) is 0 Å². The van der Waals surface area contributed by atoms with Crippen LogP contribution in [-0.4, -0.2) is 28.9 Å². The number of hydrogen-bond acceptors (Lipinski definition) is 6. The Labute approximate surface area is 341 Å². The van der Waals surface area contributed by atoms with Gasteiger partial charge in [0.1, 0.15) is 22.3 Å². The maximum absolute atomic E-state index is 6.42. The summed E-state index contributed by atoms with van der Waals surface area (Å²) in [6, 6.07) is 62.2. The summed E-state index contributed by atoms with van der Waals surface area (Å²) in [5.74, 6) is 2.72. The normalized spacial score (nSPS) is 12.0. The highest BCUT2D eigenvalue weighted by molar-refractivity contribution is 6.10. The molecule has 5 heterocycles. The maximum atomic E-state index is 6.42. The molecule has 280 valence electrons. The van der Waals surface area contributed by atoms with Crippen molar-refractivity contribution in [2.45, 2.75) is 0 Å². The first-order chi connectivity index (χ1) is 29.7. The molecule has 0 unspecified atom stereocenters. The third-order valence-electron chi connectivity index (χ3n) is 11.6. The van der Waals surface area contributed by atoms with Gasteiger partial charge in [-0.2, -0.15) is 0 Å². The Hall–Kier alpha value is -8.36. The molecule has 0 radical (unpaired) electrons. The largest absolute Gasteiger partial charge is 0.456 e. The molecule has 0 aliphatic rings. The predicted molar refractivity (Wildman–Crippen MR) is 239 cm³/mol. The SMILES string of the molecule is c1ccc(-c2nc(-c3ccccc3)nc(-c3ccc4oc5ccc(-c6ccc7oc8ccc(-n9c%10ccccc%10n%10c%11ccccc%11nc9%10)cc8c7c6)cc5c4c3)n2)cc1. The molecule has 0 atom stereocenters. The molecule has 13 rings (SSSR count). The van der Waals surface area contributed by atoms with Gasteiger partial charge in [0.05, 0.1) is 27.8 Å². The van der Waals surface area contributed by atoms with Gasteiger partial charge >= 0.3 is 0 Å². The van der Waals surface area contributed by atoms with Crippen molar-refractivity contribution in [2.75, 3.05) is 0 Å². The van der Waals surface area contributed by atoms with Crippen molar-refractivity contribution in [3.8, 4) is 51.0 Å². The van der Waals surface area contributed by atoms with Crippen LogP contribution in [0.4, 0.5) is 0 Å². The van der Waals surface area contributed by atoms with E-state index in [9.17, 15) is 0 Å². The predicted octanol–water partition coefficient (Wildman–Crippen LogP) is 13.1. The minimum atomic E-state index is 0.599. The van der Waals surface area contributed by atoms with Crippen molar-refractivity contribution >= 4 is 71.7 Å². The van der Waals surface area contributed by atoms with Crippen LogP contribution >= 0.6 is 0 Å². The van der Waals surface area contributed by atoms with E-state index in [2.05, 4.69) is 112 Å². The van der Waals surface area contributed by atoms with Gasteiger partial charge in [0.25, 0.3) is 0 Å².